The molecule has 0 aromatic heterocycles. The van der Waals surface area contributed by atoms with Crippen molar-refractivity contribution < 1.29 is 9.53 Å². The van der Waals surface area contributed by atoms with E-state index in [0.717, 1.165) is 25.1 Å². The highest BCUT2D eigenvalue weighted by Gasteiger charge is 2.07. The summed E-state index contributed by atoms with van der Waals surface area (Å²) in [5.41, 5.74) is 1.22. The van der Waals surface area contributed by atoms with E-state index >= 15 is 0 Å². The zero-order valence-electron chi connectivity index (χ0n) is 13.6. The number of hydrogen-bond donors (Lipinski definition) is 2. The maximum absolute atomic E-state index is 11.6. The molecule has 0 saturated heterocycles. The highest BCUT2D eigenvalue weighted by atomic mass is 16.5. The van der Waals surface area contributed by atoms with Crippen LogP contribution in [0.3, 0.4) is 0 Å². The van der Waals surface area contributed by atoms with E-state index < -0.39 is 0 Å². The zero-order valence-corrected chi connectivity index (χ0v) is 13.6. The molecule has 0 spiro atoms. The minimum Gasteiger partial charge on any atom is -0.484 e. The minimum absolute atomic E-state index is 0.0628. The van der Waals surface area contributed by atoms with Crippen molar-refractivity contribution in [1.82, 2.24) is 10.6 Å². The zero-order chi connectivity index (χ0) is 15.7. The van der Waals surface area contributed by atoms with Gasteiger partial charge in [-0.3, -0.25) is 4.79 Å². The topological polar surface area (TPSA) is 50.4 Å². The summed E-state index contributed by atoms with van der Waals surface area (Å²) in [7, 11) is 0. The van der Waals surface area contributed by atoms with E-state index in [0.29, 0.717) is 6.04 Å². The quantitative estimate of drug-likeness (QED) is 0.735. The normalized spacial score (nSPS) is 13.5. The molecule has 0 radical (unpaired) electrons. The second kappa shape index (κ2) is 9.40. The Morgan fingerprint density at radius 2 is 1.86 bits per heavy atom. The fraction of sp³-hybridized carbons (Fsp3) is 0.588. The average molecular weight is 292 g/mol. The molecule has 0 aliphatic heterocycles. The minimum atomic E-state index is -0.0774. The highest BCUT2D eigenvalue weighted by Crippen LogP contribution is 2.17. The molecule has 0 saturated carbocycles. The summed E-state index contributed by atoms with van der Waals surface area (Å²) in [5, 5.41) is 6.32. The van der Waals surface area contributed by atoms with Crippen molar-refractivity contribution in [3.8, 4) is 5.75 Å². The maximum atomic E-state index is 11.6. The van der Waals surface area contributed by atoms with Gasteiger partial charge >= 0.3 is 0 Å². The lowest BCUT2D eigenvalue weighted by molar-refractivity contribution is -0.123. The van der Waals surface area contributed by atoms with E-state index in [1.807, 2.05) is 38.1 Å². The number of hydrogen-bond acceptors (Lipinski definition) is 3. The van der Waals surface area contributed by atoms with Gasteiger partial charge in [0.15, 0.2) is 6.61 Å². The molecule has 1 aromatic rings. The number of benzene rings is 1. The summed E-state index contributed by atoms with van der Waals surface area (Å²) in [6, 6.07) is 8.41. The number of carbonyl (C=O) groups excluding carboxylic acids is 1. The Labute approximate surface area is 128 Å². The van der Waals surface area contributed by atoms with Gasteiger partial charge in [0.1, 0.15) is 5.75 Å². The molecule has 2 atom stereocenters. The molecule has 2 unspecified atom stereocenters. The number of carbonyl (C=O) groups is 1. The lowest BCUT2D eigenvalue weighted by Gasteiger charge is -2.15. The van der Waals surface area contributed by atoms with Crippen molar-refractivity contribution in [3.05, 3.63) is 29.8 Å². The SMILES string of the molecule is CCCNC(C)c1ccc(OCC(=O)NC(C)CC)cc1. The first kappa shape index (κ1) is 17.5. The molecule has 0 bridgehead atoms. The van der Waals surface area contributed by atoms with Crippen molar-refractivity contribution >= 4 is 5.91 Å². The number of amides is 1. The first-order chi connectivity index (χ1) is 10.1. The molecule has 1 aromatic carbocycles. The molecule has 1 amide bonds. The van der Waals surface area contributed by atoms with Gasteiger partial charge in [-0.1, -0.05) is 26.0 Å². The third-order valence-corrected chi connectivity index (χ3v) is 3.47. The van der Waals surface area contributed by atoms with Gasteiger partial charge in [0.2, 0.25) is 0 Å². The summed E-state index contributed by atoms with van der Waals surface area (Å²) in [6.07, 6.45) is 2.04. The fourth-order valence-electron chi connectivity index (χ4n) is 1.90. The first-order valence-electron chi connectivity index (χ1n) is 7.82. The third-order valence-electron chi connectivity index (χ3n) is 3.47. The van der Waals surface area contributed by atoms with Crippen molar-refractivity contribution in [3.63, 3.8) is 0 Å². The van der Waals surface area contributed by atoms with Crippen LogP contribution in [0.2, 0.25) is 0 Å². The largest absolute Gasteiger partial charge is 0.484 e. The molecule has 0 aliphatic carbocycles. The van der Waals surface area contributed by atoms with E-state index in [1.165, 1.54) is 5.56 Å². The van der Waals surface area contributed by atoms with E-state index in [1.54, 1.807) is 0 Å². The van der Waals surface area contributed by atoms with Gasteiger partial charge in [-0.05, 0) is 50.9 Å². The number of rotatable bonds is 9. The highest BCUT2D eigenvalue weighted by molar-refractivity contribution is 5.77. The summed E-state index contributed by atoms with van der Waals surface area (Å²) >= 11 is 0. The Kier molecular flexibility index (Phi) is 7.83. The third kappa shape index (κ3) is 6.63. The first-order valence-corrected chi connectivity index (χ1v) is 7.82. The van der Waals surface area contributed by atoms with E-state index in [2.05, 4.69) is 24.5 Å². The van der Waals surface area contributed by atoms with Crippen LogP contribution in [0.25, 0.3) is 0 Å². The van der Waals surface area contributed by atoms with Crippen LogP contribution in [-0.2, 0) is 4.79 Å². The maximum Gasteiger partial charge on any atom is 0.258 e. The Hall–Kier alpha value is -1.55. The smallest absolute Gasteiger partial charge is 0.258 e. The molecule has 118 valence electrons. The van der Waals surface area contributed by atoms with Crippen molar-refractivity contribution in [2.75, 3.05) is 13.2 Å². The van der Waals surface area contributed by atoms with Crippen LogP contribution in [0.5, 0.6) is 5.75 Å². The Bertz CT molecular complexity index is 417. The van der Waals surface area contributed by atoms with Crippen LogP contribution in [0, 0.1) is 0 Å². The number of ether oxygens (including phenoxy) is 1. The molecule has 0 fully saturated rings. The molecular weight excluding hydrogens is 264 g/mol. The monoisotopic (exact) mass is 292 g/mol. The summed E-state index contributed by atoms with van der Waals surface area (Å²) in [4.78, 5) is 11.6. The van der Waals surface area contributed by atoms with Gasteiger partial charge < -0.3 is 15.4 Å². The molecule has 0 heterocycles. The number of nitrogens with one attached hydrogen (secondary N) is 2. The Morgan fingerprint density at radius 1 is 1.19 bits per heavy atom. The van der Waals surface area contributed by atoms with Gasteiger partial charge in [-0.15, -0.1) is 0 Å². The van der Waals surface area contributed by atoms with Gasteiger partial charge in [-0.2, -0.15) is 0 Å². The molecule has 1 rings (SSSR count). The summed E-state index contributed by atoms with van der Waals surface area (Å²) in [6.45, 7) is 9.39. The molecule has 21 heavy (non-hydrogen) atoms. The van der Waals surface area contributed by atoms with Crippen LogP contribution in [0.4, 0.5) is 0 Å². The van der Waals surface area contributed by atoms with Gasteiger partial charge in [0, 0.05) is 12.1 Å². The van der Waals surface area contributed by atoms with Crippen molar-refractivity contribution in [2.45, 2.75) is 52.6 Å². The van der Waals surface area contributed by atoms with E-state index in [4.69, 9.17) is 4.74 Å². The van der Waals surface area contributed by atoms with E-state index in [9.17, 15) is 4.79 Å². The molecule has 0 aliphatic rings. The van der Waals surface area contributed by atoms with Crippen LogP contribution in [-0.4, -0.2) is 25.1 Å². The van der Waals surface area contributed by atoms with Crippen LogP contribution >= 0.6 is 0 Å². The van der Waals surface area contributed by atoms with Crippen molar-refractivity contribution in [1.29, 1.82) is 0 Å². The van der Waals surface area contributed by atoms with Crippen LogP contribution in [0.15, 0.2) is 24.3 Å². The predicted molar refractivity (Wildman–Crippen MR) is 86.5 cm³/mol. The Morgan fingerprint density at radius 3 is 2.43 bits per heavy atom. The summed E-state index contributed by atoms with van der Waals surface area (Å²) < 4.78 is 5.50. The molecule has 2 N–H and O–H groups in total. The van der Waals surface area contributed by atoms with Crippen LogP contribution < -0.4 is 15.4 Å². The standard InChI is InChI=1S/C17H28N2O2/c1-5-11-18-14(4)15-7-9-16(10-8-15)21-12-17(20)19-13(3)6-2/h7-10,13-14,18H,5-6,11-12H2,1-4H3,(H,19,20). The Balaban J connectivity index is 2.42. The second-order valence-electron chi connectivity index (χ2n) is 5.41. The summed E-state index contributed by atoms with van der Waals surface area (Å²) in [5.74, 6) is 0.646. The van der Waals surface area contributed by atoms with Gasteiger partial charge in [0.25, 0.3) is 5.91 Å². The van der Waals surface area contributed by atoms with E-state index in [-0.39, 0.29) is 18.6 Å². The molecular formula is C17H28N2O2. The van der Waals surface area contributed by atoms with Crippen molar-refractivity contribution in [2.24, 2.45) is 0 Å². The predicted octanol–water partition coefficient (Wildman–Crippen LogP) is 3.04. The second-order valence-corrected chi connectivity index (χ2v) is 5.41. The van der Waals surface area contributed by atoms with Crippen LogP contribution in [0.1, 0.15) is 52.1 Å². The fourth-order valence-corrected chi connectivity index (χ4v) is 1.90. The lowest BCUT2D eigenvalue weighted by atomic mass is 10.1. The lowest BCUT2D eigenvalue weighted by Crippen LogP contribution is -2.35. The van der Waals surface area contributed by atoms with Gasteiger partial charge in [0.05, 0.1) is 0 Å². The molecule has 4 nitrogen and oxygen atoms in total. The molecule has 4 heteroatoms. The average Bonchev–Trinajstić information content (AvgIpc) is 2.50. The van der Waals surface area contributed by atoms with Gasteiger partial charge in [-0.25, -0.2) is 0 Å².